The Morgan fingerprint density at radius 1 is 1.26 bits per heavy atom. The van der Waals surface area contributed by atoms with E-state index in [1.54, 1.807) is 0 Å². The summed E-state index contributed by atoms with van der Waals surface area (Å²) in [5, 5.41) is 2.96. The number of likely N-dealkylation sites (N-methyl/N-ethyl adjacent to an activating group) is 1. The third-order valence-corrected chi connectivity index (χ3v) is 5.58. The summed E-state index contributed by atoms with van der Waals surface area (Å²) < 4.78 is 25.5. The largest absolute Gasteiger partial charge is 0.348 e. The van der Waals surface area contributed by atoms with Gasteiger partial charge in [0.15, 0.2) is 5.03 Å². The van der Waals surface area contributed by atoms with Crippen LogP contribution in [0.5, 0.6) is 0 Å². The van der Waals surface area contributed by atoms with E-state index in [0.717, 1.165) is 19.3 Å². The van der Waals surface area contributed by atoms with Crippen LogP contribution in [0.3, 0.4) is 0 Å². The Morgan fingerprint density at radius 2 is 1.96 bits per heavy atom. The summed E-state index contributed by atoms with van der Waals surface area (Å²) in [5.41, 5.74) is 0.364. The number of carbonyl (C=O) groups excluding carboxylic acids is 1. The predicted molar refractivity (Wildman–Crippen MR) is 87.7 cm³/mol. The maximum absolute atomic E-state index is 12.4. The van der Waals surface area contributed by atoms with Crippen LogP contribution in [0.25, 0.3) is 0 Å². The second-order valence-electron chi connectivity index (χ2n) is 5.99. The van der Waals surface area contributed by atoms with Gasteiger partial charge in [0.05, 0.1) is 5.56 Å². The fraction of sp³-hybridized carbons (Fsp3) is 0.600. The number of carbonyl (C=O) groups is 1. The summed E-state index contributed by atoms with van der Waals surface area (Å²) in [6.45, 7) is 0. The highest BCUT2D eigenvalue weighted by atomic mass is 32.2. The van der Waals surface area contributed by atoms with Crippen molar-refractivity contribution in [3.05, 3.63) is 23.9 Å². The van der Waals surface area contributed by atoms with E-state index in [0.29, 0.717) is 11.6 Å². The number of aromatic nitrogens is 1. The Kier molecular flexibility index (Phi) is 5.72. The smallest absolute Gasteiger partial charge is 0.257 e. The van der Waals surface area contributed by atoms with Gasteiger partial charge in [-0.2, -0.15) is 0 Å². The molecular weight excluding hydrogens is 316 g/mol. The second kappa shape index (κ2) is 7.37. The number of sulfonamides is 1. The highest BCUT2D eigenvalue weighted by Gasteiger charge is 2.28. The fourth-order valence-electron chi connectivity index (χ4n) is 2.93. The average Bonchev–Trinajstić information content (AvgIpc) is 2.55. The van der Waals surface area contributed by atoms with E-state index < -0.39 is 10.0 Å². The molecule has 0 unspecified atom stereocenters. The summed E-state index contributed by atoms with van der Waals surface area (Å²) in [6.07, 6.45) is 5.59. The van der Waals surface area contributed by atoms with Crippen molar-refractivity contribution in [2.24, 2.45) is 0 Å². The van der Waals surface area contributed by atoms with Crippen LogP contribution in [0.2, 0.25) is 0 Å². The van der Waals surface area contributed by atoms with Crippen LogP contribution in [0.4, 0.5) is 0 Å². The van der Waals surface area contributed by atoms with E-state index in [4.69, 9.17) is 0 Å². The lowest BCUT2D eigenvalue weighted by Crippen LogP contribution is -2.51. The van der Waals surface area contributed by atoms with Crippen molar-refractivity contribution in [3.8, 4) is 0 Å². The Hall–Kier alpha value is -1.51. The molecule has 0 saturated heterocycles. The summed E-state index contributed by atoms with van der Waals surface area (Å²) in [4.78, 5) is 18.4. The third kappa shape index (κ3) is 4.27. The zero-order chi connectivity index (χ0) is 17.0. The minimum Gasteiger partial charge on any atom is -0.348 e. The minimum atomic E-state index is -3.59. The van der Waals surface area contributed by atoms with Crippen molar-refractivity contribution in [1.29, 1.82) is 0 Å². The molecule has 0 radical (unpaired) electrons. The molecule has 0 aromatic carbocycles. The quantitative estimate of drug-likeness (QED) is 0.819. The first-order valence-corrected chi connectivity index (χ1v) is 9.20. The lowest BCUT2D eigenvalue weighted by atomic mass is 9.89. The Morgan fingerprint density at radius 3 is 2.52 bits per heavy atom. The van der Waals surface area contributed by atoms with Gasteiger partial charge in [0.1, 0.15) is 0 Å². The lowest BCUT2D eigenvalue weighted by molar-refractivity contribution is 0.0882. The second-order valence-corrected chi connectivity index (χ2v) is 7.82. The standard InChI is InChI=1S/C15H24N4O3S/c1-16-23(21,22)14-9-8-11(10-17-14)15(20)18-12-6-4-5-7-13(12)19(2)3/h8-10,12-13,16H,4-7H2,1-3H3,(H,18,20)/t12-,13+/m0/s1. The van der Waals surface area contributed by atoms with Gasteiger partial charge in [-0.1, -0.05) is 12.8 Å². The van der Waals surface area contributed by atoms with E-state index in [1.807, 2.05) is 14.1 Å². The molecule has 23 heavy (non-hydrogen) atoms. The molecule has 1 aliphatic carbocycles. The number of nitrogens with one attached hydrogen (secondary N) is 2. The van der Waals surface area contributed by atoms with Gasteiger partial charge >= 0.3 is 0 Å². The maximum Gasteiger partial charge on any atom is 0.257 e. The molecule has 1 saturated carbocycles. The van der Waals surface area contributed by atoms with Crippen molar-refractivity contribution >= 4 is 15.9 Å². The third-order valence-electron chi connectivity index (χ3n) is 4.25. The van der Waals surface area contributed by atoms with Crippen LogP contribution in [-0.2, 0) is 10.0 Å². The highest BCUT2D eigenvalue weighted by Crippen LogP contribution is 2.22. The molecule has 1 heterocycles. The van der Waals surface area contributed by atoms with Crippen molar-refractivity contribution in [2.45, 2.75) is 42.8 Å². The van der Waals surface area contributed by atoms with Crippen LogP contribution in [0, 0.1) is 0 Å². The zero-order valence-corrected chi connectivity index (χ0v) is 14.6. The van der Waals surface area contributed by atoms with E-state index in [2.05, 4.69) is 19.9 Å². The van der Waals surface area contributed by atoms with Crippen LogP contribution < -0.4 is 10.0 Å². The van der Waals surface area contributed by atoms with E-state index in [9.17, 15) is 13.2 Å². The molecule has 2 N–H and O–H groups in total. The molecule has 1 amide bonds. The molecule has 7 nitrogen and oxygen atoms in total. The summed E-state index contributed by atoms with van der Waals surface area (Å²) in [6, 6.07) is 3.25. The average molecular weight is 340 g/mol. The maximum atomic E-state index is 12.4. The highest BCUT2D eigenvalue weighted by molar-refractivity contribution is 7.89. The first-order valence-electron chi connectivity index (χ1n) is 7.72. The number of hydrogen-bond acceptors (Lipinski definition) is 5. The van der Waals surface area contributed by atoms with Crippen molar-refractivity contribution < 1.29 is 13.2 Å². The summed E-state index contributed by atoms with van der Waals surface area (Å²) in [7, 11) is 1.78. The molecule has 0 spiro atoms. The van der Waals surface area contributed by atoms with Crippen molar-refractivity contribution in [3.63, 3.8) is 0 Å². The molecule has 1 fully saturated rings. The van der Waals surface area contributed by atoms with E-state index in [-0.39, 0.29) is 17.0 Å². The predicted octanol–water partition coefficient (Wildman–Crippen LogP) is 0.592. The van der Waals surface area contributed by atoms with Gasteiger partial charge in [-0.25, -0.2) is 18.1 Å². The van der Waals surface area contributed by atoms with Gasteiger partial charge < -0.3 is 10.2 Å². The minimum absolute atomic E-state index is 0.0969. The summed E-state index contributed by atoms with van der Waals surface area (Å²) in [5.74, 6) is -0.218. The van der Waals surface area contributed by atoms with Crippen LogP contribution in [0.15, 0.2) is 23.4 Å². The van der Waals surface area contributed by atoms with Crippen LogP contribution in [0.1, 0.15) is 36.0 Å². The van der Waals surface area contributed by atoms with Gasteiger partial charge in [0.2, 0.25) is 0 Å². The number of amides is 1. The molecule has 1 aliphatic rings. The molecular formula is C15H24N4O3S. The summed E-state index contributed by atoms with van der Waals surface area (Å²) >= 11 is 0. The first kappa shape index (κ1) is 17.8. The topological polar surface area (TPSA) is 91.4 Å². The van der Waals surface area contributed by atoms with Crippen molar-refractivity contribution in [2.75, 3.05) is 21.1 Å². The Labute approximate surface area is 137 Å². The monoisotopic (exact) mass is 340 g/mol. The number of pyridine rings is 1. The Bertz CT molecular complexity index is 643. The molecule has 2 rings (SSSR count). The van der Waals surface area contributed by atoms with E-state index in [1.165, 1.54) is 31.8 Å². The SMILES string of the molecule is CNS(=O)(=O)c1ccc(C(=O)N[C@H]2CCCC[C@H]2N(C)C)cn1. The first-order chi connectivity index (χ1) is 10.8. The van der Waals surface area contributed by atoms with Gasteiger partial charge in [-0.3, -0.25) is 4.79 Å². The molecule has 0 bridgehead atoms. The van der Waals surface area contributed by atoms with E-state index >= 15 is 0 Å². The number of rotatable bonds is 5. The molecule has 1 aromatic heterocycles. The van der Waals surface area contributed by atoms with Gasteiger partial charge in [0.25, 0.3) is 15.9 Å². The fourth-order valence-corrected chi connectivity index (χ4v) is 3.58. The van der Waals surface area contributed by atoms with Crippen LogP contribution >= 0.6 is 0 Å². The van der Waals surface area contributed by atoms with Gasteiger partial charge in [-0.15, -0.1) is 0 Å². The molecule has 8 heteroatoms. The lowest BCUT2D eigenvalue weighted by Gasteiger charge is -2.36. The molecule has 1 aromatic rings. The van der Waals surface area contributed by atoms with Gasteiger partial charge in [0, 0.05) is 18.3 Å². The van der Waals surface area contributed by atoms with Crippen molar-refractivity contribution in [1.82, 2.24) is 19.9 Å². The molecule has 2 atom stereocenters. The van der Waals surface area contributed by atoms with Gasteiger partial charge in [-0.05, 0) is 46.1 Å². The zero-order valence-electron chi connectivity index (χ0n) is 13.7. The number of nitrogens with zero attached hydrogens (tertiary/aromatic N) is 2. The van der Waals surface area contributed by atoms with Crippen LogP contribution in [-0.4, -0.2) is 57.4 Å². The molecule has 0 aliphatic heterocycles. The molecule has 128 valence electrons. The normalized spacial score (nSPS) is 22.1. The number of hydrogen-bond donors (Lipinski definition) is 2. The Balaban J connectivity index is 2.08.